The highest BCUT2D eigenvalue weighted by Gasteiger charge is 2.12. The van der Waals surface area contributed by atoms with E-state index in [2.05, 4.69) is 5.32 Å². The van der Waals surface area contributed by atoms with E-state index >= 15 is 0 Å². The summed E-state index contributed by atoms with van der Waals surface area (Å²) in [6.07, 6.45) is 0.342. The van der Waals surface area contributed by atoms with E-state index < -0.39 is 5.97 Å². The molecule has 1 rings (SSSR count). The van der Waals surface area contributed by atoms with Crippen molar-refractivity contribution >= 4 is 11.9 Å². The molecule has 1 atom stereocenters. The van der Waals surface area contributed by atoms with Gasteiger partial charge in [-0.15, -0.1) is 0 Å². The van der Waals surface area contributed by atoms with Crippen molar-refractivity contribution in [3.05, 3.63) is 35.4 Å². The molecule has 1 unspecified atom stereocenters. The summed E-state index contributed by atoms with van der Waals surface area (Å²) in [6, 6.07) is 7.97. The zero-order valence-electron chi connectivity index (χ0n) is 10.8. The summed E-state index contributed by atoms with van der Waals surface area (Å²) in [5.74, 6) is -0.870. The monoisotopic (exact) mass is 249 g/mol. The molecule has 0 heterocycles. The average Bonchev–Trinajstić information content (AvgIpc) is 2.28. The molecule has 0 aliphatic carbocycles. The number of benzene rings is 1. The summed E-state index contributed by atoms with van der Waals surface area (Å²) in [7, 11) is 0. The van der Waals surface area contributed by atoms with Gasteiger partial charge in [0.15, 0.2) is 0 Å². The molecule has 1 aromatic carbocycles. The maximum atomic E-state index is 11.6. The third-order valence-electron chi connectivity index (χ3n) is 2.87. The molecule has 0 bridgehead atoms. The number of hydrogen-bond donors (Lipinski definition) is 2. The van der Waals surface area contributed by atoms with Crippen LogP contribution in [-0.4, -0.2) is 23.5 Å². The quantitative estimate of drug-likeness (QED) is 0.811. The van der Waals surface area contributed by atoms with Crippen LogP contribution in [0.25, 0.3) is 0 Å². The summed E-state index contributed by atoms with van der Waals surface area (Å²) >= 11 is 0. The highest BCUT2D eigenvalue weighted by Crippen LogP contribution is 2.21. The summed E-state index contributed by atoms with van der Waals surface area (Å²) in [5, 5.41) is 11.1. The highest BCUT2D eigenvalue weighted by atomic mass is 16.4. The van der Waals surface area contributed by atoms with Gasteiger partial charge in [-0.2, -0.15) is 0 Å². The Morgan fingerprint density at radius 3 is 2.61 bits per heavy atom. The normalized spacial score (nSPS) is 11.9. The smallest absolute Gasteiger partial charge is 0.305 e. The Kier molecular flexibility index (Phi) is 5.36. The maximum absolute atomic E-state index is 11.6. The number of nitrogens with one attached hydrogen (secondary N) is 1. The molecule has 0 saturated heterocycles. The van der Waals surface area contributed by atoms with E-state index in [0.29, 0.717) is 6.42 Å². The molecule has 2 N–H and O–H groups in total. The SMILES string of the molecule is Cc1ccccc1C(C)CC(=O)NCCC(=O)O. The minimum atomic E-state index is -0.901. The van der Waals surface area contributed by atoms with Crippen molar-refractivity contribution in [3.8, 4) is 0 Å². The van der Waals surface area contributed by atoms with Crippen molar-refractivity contribution in [2.45, 2.75) is 32.6 Å². The van der Waals surface area contributed by atoms with Crippen molar-refractivity contribution in [2.75, 3.05) is 6.54 Å². The lowest BCUT2D eigenvalue weighted by Crippen LogP contribution is -2.27. The molecule has 0 aliphatic rings. The molecule has 0 aliphatic heterocycles. The van der Waals surface area contributed by atoms with Crippen LogP contribution in [-0.2, 0) is 9.59 Å². The molecule has 4 nitrogen and oxygen atoms in total. The van der Waals surface area contributed by atoms with Crippen LogP contribution in [0.1, 0.15) is 36.8 Å². The van der Waals surface area contributed by atoms with Gasteiger partial charge in [-0.05, 0) is 24.0 Å². The van der Waals surface area contributed by atoms with Gasteiger partial charge in [-0.3, -0.25) is 9.59 Å². The van der Waals surface area contributed by atoms with Crippen LogP contribution in [0.5, 0.6) is 0 Å². The van der Waals surface area contributed by atoms with E-state index in [-0.39, 0.29) is 24.8 Å². The first-order valence-electron chi connectivity index (χ1n) is 6.04. The molecular weight excluding hydrogens is 230 g/mol. The third kappa shape index (κ3) is 4.57. The number of hydrogen-bond acceptors (Lipinski definition) is 2. The van der Waals surface area contributed by atoms with E-state index in [0.717, 1.165) is 5.56 Å². The van der Waals surface area contributed by atoms with Crippen LogP contribution in [0.2, 0.25) is 0 Å². The molecule has 0 spiro atoms. The van der Waals surface area contributed by atoms with Gasteiger partial charge in [0.2, 0.25) is 5.91 Å². The number of rotatable bonds is 6. The van der Waals surface area contributed by atoms with E-state index in [1.165, 1.54) is 5.56 Å². The fraction of sp³-hybridized carbons (Fsp3) is 0.429. The Morgan fingerprint density at radius 2 is 2.00 bits per heavy atom. The summed E-state index contributed by atoms with van der Waals surface area (Å²) < 4.78 is 0. The average molecular weight is 249 g/mol. The minimum Gasteiger partial charge on any atom is -0.481 e. The molecule has 1 aromatic rings. The molecule has 18 heavy (non-hydrogen) atoms. The van der Waals surface area contributed by atoms with E-state index in [9.17, 15) is 9.59 Å². The number of carboxylic acid groups (broad SMARTS) is 1. The lowest BCUT2D eigenvalue weighted by atomic mass is 9.93. The van der Waals surface area contributed by atoms with Crippen molar-refractivity contribution in [1.29, 1.82) is 0 Å². The van der Waals surface area contributed by atoms with Crippen molar-refractivity contribution < 1.29 is 14.7 Å². The number of carbonyl (C=O) groups is 2. The van der Waals surface area contributed by atoms with E-state index in [1.807, 2.05) is 38.1 Å². The van der Waals surface area contributed by atoms with Crippen LogP contribution < -0.4 is 5.32 Å². The Hall–Kier alpha value is -1.84. The summed E-state index contributed by atoms with van der Waals surface area (Å²) in [5.41, 5.74) is 2.33. The minimum absolute atomic E-state index is 0.0372. The Bertz CT molecular complexity index is 429. The number of aliphatic carboxylic acids is 1. The number of amides is 1. The lowest BCUT2D eigenvalue weighted by molar-refractivity contribution is -0.136. The van der Waals surface area contributed by atoms with Gasteiger partial charge in [-0.25, -0.2) is 0 Å². The second-order valence-corrected chi connectivity index (χ2v) is 4.46. The summed E-state index contributed by atoms with van der Waals surface area (Å²) in [6.45, 7) is 4.21. The topological polar surface area (TPSA) is 66.4 Å². The molecule has 0 radical (unpaired) electrons. The standard InChI is InChI=1S/C14H19NO3/c1-10-5-3-4-6-12(10)11(2)9-13(16)15-8-7-14(17)18/h3-6,11H,7-9H2,1-2H3,(H,15,16)(H,17,18). The zero-order chi connectivity index (χ0) is 13.5. The van der Waals surface area contributed by atoms with Crippen LogP contribution in [0.3, 0.4) is 0 Å². The molecule has 98 valence electrons. The van der Waals surface area contributed by atoms with E-state index in [1.54, 1.807) is 0 Å². The maximum Gasteiger partial charge on any atom is 0.305 e. The van der Waals surface area contributed by atoms with Gasteiger partial charge < -0.3 is 10.4 Å². The van der Waals surface area contributed by atoms with Gasteiger partial charge in [0.25, 0.3) is 0 Å². The first kappa shape index (κ1) is 14.2. The van der Waals surface area contributed by atoms with E-state index in [4.69, 9.17) is 5.11 Å². The predicted molar refractivity (Wildman–Crippen MR) is 69.5 cm³/mol. The highest BCUT2D eigenvalue weighted by molar-refractivity contribution is 5.77. The van der Waals surface area contributed by atoms with Crippen molar-refractivity contribution in [2.24, 2.45) is 0 Å². The number of carbonyl (C=O) groups excluding carboxylic acids is 1. The van der Waals surface area contributed by atoms with Gasteiger partial charge in [0.05, 0.1) is 6.42 Å². The second kappa shape index (κ2) is 6.79. The molecule has 0 aromatic heterocycles. The fourth-order valence-corrected chi connectivity index (χ4v) is 1.91. The number of carboxylic acids is 1. The third-order valence-corrected chi connectivity index (χ3v) is 2.87. The Balaban J connectivity index is 2.45. The number of aryl methyl sites for hydroxylation is 1. The van der Waals surface area contributed by atoms with Crippen molar-refractivity contribution in [1.82, 2.24) is 5.32 Å². The second-order valence-electron chi connectivity index (χ2n) is 4.46. The van der Waals surface area contributed by atoms with Crippen LogP contribution >= 0.6 is 0 Å². The van der Waals surface area contributed by atoms with Crippen LogP contribution in [0, 0.1) is 6.92 Å². The molecule has 1 amide bonds. The van der Waals surface area contributed by atoms with Gasteiger partial charge >= 0.3 is 5.97 Å². The Labute approximate surface area is 107 Å². The van der Waals surface area contributed by atoms with Gasteiger partial charge in [-0.1, -0.05) is 31.2 Å². The molecule has 0 fully saturated rings. The predicted octanol–water partition coefficient (Wildman–Crippen LogP) is 2.08. The first-order chi connectivity index (χ1) is 8.50. The Morgan fingerprint density at radius 1 is 1.33 bits per heavy atom. The van der Waals surface area contributed by atoms with Gasteiger partial charge in [0.1, 0.15) is 0 Å². The van der Waals surface area contributed by atoms with Crippen molar-refractivity contribution in [3.63, 3.8) is 0 Å². The summed E-state index contributed by atoms with van der Waals surface area (Å²) in [4.78, 5) is 21.9. The van der Waals surface area contributed by atoms with Crippen LogP contribution in [0.4, 0.5) is 0 Å². The fourth-order valence-electron chi connectivity index (χ4n) is 1.91. The molecule has 0 saturated carbocycles. The molecular formula is C14H19NO3. The lowest BCUT2D eigenvalue weighted by Gasteiger charge is -2.14. The largest absolute Gasteiger partial charge is 0.481 e. The zero-order valence-corrected chi connectivity index (χ0v) is 10.8. The first-order valence-corrected chi connectivity index (χ1v) is 6.04. The molecule has 4 heteroatoms. The van der Waals surface area contributed by atoms with Gasteiger partial charge in [0, 0.05) is 13.0 Å². The van der Waals surface area contributed by atoms with Crippen LogP contribution in [0.15, 0.2) is 24.3 Å².